The van der Waals surface area contributed by atoms with Gasteiger partial charge >= 0.3 is 0 Å². The van der Waals surface area contributed by atoms with Crippen molar-refractivity contribution in [1.29, 1.82) is 0 Å². The number of aliphatic hydroxyl groups is 1. The highest BCUT2D eigenvalue weighted by Gasteiger charge is 2.36. The van der Waals surface area contributed by atoms with Gasteiger partial charge in [0.2, 0.25) is 10.0 Å². The molecular formula is C15H22N2O3S. The number of benzene rings is 1. The number of rotatable bonds is 3. The second kappa shape index (κ2) is 5.59. The Morgan fingerprint density at radius 1 is 1.38 bits per heavy atom. The highest BCUT2D eigenvalue weighted by Crippen LogP contribution is 2.35. The number of sulfonamides is 1. The van der Waals surface area contributed by atoms with Crippen molar-refractivity contribution in [3.8, 4) is 0 Å². The van der Waals surface area contributed by atoms with Crippen LogP contribution in [0.2, 0.25) is 0 Å². The van der Waals surface area contributed by atoms with E-state index in [9.17, 15) is 13.5 Å². The Balaban J connectivity index is 2.07. The van der Waals surface area contributed by atoms with Crippen LogP contribution in [-0.4, -0.2) is 43.6 Å². The maximum absolute atomic E-state index is 13.0. The Morgan fingerprint density at radius 3 is 2.95 bits per heavy atom. The molecule has 1 unspecified atom stereocenters. The van der Waals surface area contributed by atoms with Crippen LogP contribution in [0.4, 0.5) is 5.69 Å². The number of anilines is 1. The minimum absolute atomic E-state index is 0.106. The summed E-state index contributed by atoms with van der Waals surface area (Å²) < 4.78 is 27.4. The molecule has 116 valence electrons. The first-order valence-corrected chi connectivity index (χ1v) is 8.99. The predicted molar refractivity (Wildman–Crippen MR) is 82.0 cm³/mol. The molecule has 0 saturated carbocycles. The summed E-state index contributed by atoms with van der Waals surface area (Å²) >= 11 is 0. The van der Waals surface area contributed by atoms with E-state index in [-0.39, 0.29) is 12.6 Å². The third-order valence-electron chi connectivity index (χ3n) is 4.50. The molecule has 1 aromatic rings. The van der Waals surface area contributed by atoms with E-state index < -0.39 is 10.0 Å². The first-order valence-electron chi connectivity index (χ1n) is 7.54. The molecule has 0 bridgehead atoms. The second-order valence-corrected chi connectivity index (χ2v) is 7.72. The second-order valence-electron chi connectivity index (χ2n) is 5.86. The van der Waals surface area contributed by atoms with Crippen molar-refractivity contribution in [2.75, 3.05) is 25.0 Å². The highest BCUT2D eigenvalue weighted by atomic mass is 32.2. The molecule has 1 aromatic carbocycles. The lowest BCUT2D eigenvalue weighted by Gasteiger charge is -2.27. The Morgan fingerprint density at radius 2 is 2.19 bits per heavy atom. The van der Waals surface area contributed by atoms with Crippen LogP contribution < -0.4 is 5.32 Å². The van der Waals surface area contributed by atoms with Gasteiger partial charge in [0.25, 0.3) is 0 Å². The fourth-order valence-electron chi connectivity index (χ4n) is 3.39. The standard InChI is InChI=1S/C15H22N2O3S/c1-11-6-7-14(13-5-2-8-16-15(11)13)21(19,20)17-9-3-4-12(17)10-18/h6-7,12,16,18H,2-5,8-10H2,1H3. The predicted octanol–water partition coefficient (Wildman–Crippen LogP) is 1.50. The van der Waals surface area contributed by atoms with E-state index >= 15 is 0 Å². The van der Waals surface area contributed by atoms with Gasteiger partial charge in [0, 0.05) is 24.8 Å². The minimum atomic E-state index is -3.52. The zero-order chi connectivity index (χ0) is 15.0. The molecule has 6 heteroatoms. The molecule has 0 spiro atoms. The maximum atomic E-state index is 13.0. The van der Waals surface area contributed by atoms with Crippen molar-refractivity contribution < 1.29 is 13.5 Å². The molecule has 0 radical (unpaired) electrons. The molecule has 0 aliphatic carbocycles. The lowest BCUT2D eigenvalue weighted by Crippen LogP contribution is -2.38. The van der Waals surface area contributed by atoms with Gasteiger partial charge in [0.1, 0.15) is 0 Å². The number of fused-ring (bicyclic) bond motifs is 1. The van der Waals surface area contributed by atoms with Gasteiger partial charge in [-0.3, -0.25) is 0 Å². The molecule has 2 aliphatic heterocycles. The van der Waals surface area contributed by atoms with E-state index in [2.05, 4.69) is 5.32 Å². The van der Waals surface area contributed by atoms with E-state index in [4.69, 9.17) is 0 Å². The Kier molecular flexibility index (Phi) is 3.94. The van der Waals surface area contributed by atoms with Crippen LogP contribution in [0.15, 0.2) is 17.0 Å². The number of aliphatic hydroxyl groups excluding tert-OH is 1. The normalized spacial score (nSPS) is 22.9. The van der Waals surface area contributed by atoms with E-state index in [0.29, 0.717) is 11.4 Å². The van der Waals surface area contributed by atoms with Gasteiger partial charge < -0.3 is 10.4 Å². The molecule has 0 amide bonds. The molecule has 1 saturated heterocycles. The highest BCUT2D eigenvalue weighted by molar-refractivity contribution is 7.89. The number of nitrogens with zero attached hydrogens (tertiary/aromatic N) is 1. The SMILES string of the molecule is Cc1ccc(S(=O)(=O)N2CCCC2CO)c2c1NCCC2. The molecule has 21 heavy (non-hydrogen) atoms. The van der Waals surface area contributed by atoms with Crippen LogP contribution in [0.25, 0.3) is 0 Å². The summed E-state index contributed by atoms with van der Waals surface area (Å²) in [6.45, 7) is 3.29. The number of aryl methyl sites for hydroxylation is 1. The van der Waals surface area contributed by atoms with E-state index in [0.717, 1.165) is 49.0 Å². The average molecular weight is 310 g/mol. The molecule has 2 heterocycles. The number of nitrogens with one attached hydrogen (secondary N) is 1. The molecule has 1 atom stereocenters. The van der Waals surface area contributed by atoms with Gasteiger partial charge in [-0.25, -0.2) is 8.42 Å². The van der Waals surface area contributed by atoms with Crippen molar-refractivity contribution in [3.05, 3.63) is 23.3 Å². The maximum Gasteiger partial charge on any atom is 0.243 e. The molecule has 2 aliphatic rings. The Bertz CT molecular complexity index is 643. The van der Waals surface area contributed by atoms with Gasteiger partial charge in [0.05, 0.1) is 11.5 Å². The first-order chi connectivity index (χ1) is 10.1. The van der Waals surface area contributed by atoms with Gasteiger partial charge in [-0.2, -0.15) is 4.31 Å². The fourth-order valence-corrected chi connectivity index (χ4v) is 5.34. The Hall–Kier alpha value is -1.11. The minimum Gasteiger partial charge on any atom is -0.395 e. The molecule has 2 N–H and O–H groups in total. The van der Waals surface area contributed by atoms with E-state index in [1.807, 2.05) is 13.0 Å². The summed E-state index contributed by atoms with van der Waals surface area (Å²) in [5.74, 6) is 0. The number of hydrogen-bond donors (Lipinski definition) is 2. The van der Waals surface area contributed by atoms with Gasteiger partial charge in [-0.05, 0) is 49.8 Å². The lowest BCUT2D eigenvalue weighted by molar-refractivity contribution is 0.213. The molecule has 0 aromatic heterocycles. The smallest absolute Gasteiger partial charge is 0.243 e. The third-order valence-corrected chi connectivity index (χ3v) is 6.54. The van der Waals surface area contributed by atoms with Crippen LogP contribution in [0.5, 0.6) is 0 Å². The van der Waals surface area contributed by atoms with E-state index in [1.165, 1.54) is 4.31 Å². The summed E-state index contributed by atoms with van der Waals surface area (Å²) in [6, 6.07) is 3.32. The van der Waals surface area contributed by atoms with Crippen molar-refractivity contribution in [2.24, 2.45) is 0 Å². The van der Waals surface area contributed by atoms with Crippen LogP contribution in [0, 0.1) is 6.92 Å². The summed E-state index contributed by atoms with van der Waals surface area (Å²) in [7, 11) is -3.52. The monoisotopic (exact) mass is 310 g/mol. The largest absolute Gasteiger partial charge is 0.395 e. The van der Waals surface area contributed by atoms with Crippen molar-refractivity contribution >= 4 is 15.7 Å². The molecule has 5 nitrogen and oxygen atoms in total. The third kappa shape index (κ3) is 2.45. The van der Waals surface area contributed by atoms with Crippen LogP contribution >= 0.6 is 0 Å². The van der Waals surface area contributed by atoms with Crippen molar-refractivity contribution in [1.82, 2.24) is 4.31 Å². The van der Waals surface area contributed by atoms with Gasteiger partial charge in [0.15, 0.2) is 0 Å². The quantitative estimate of drug-likeness (QED) is 0.887. The first kappa shape index (κ1) is 14.8. The van der Waals surface area contributed by atoms with Gasteiger partial charge in [-0.15, -0.1) is 0 Å². The molecular weight excluding hydrogens is 288 g/mol. The number of hydrogen-bond acceptors (Lipinski definition) is 4. The lowest BCUT2D eigenvalue weighted by atomic mass is 10.00. The fraction of sp³-hybridized carbons (Fsp3) is 0.600. The van der Waals surface area contributed by atoms with Gasteiger partial charge in [-0.1, -0.05) is 6.07 Å². The zero-order valence-corrected chi connectivity index (χ0v) is 13.1. The van der Waals surface area contributed by atoms with E-state index in [1.54, 1.807) is 6.07 Å². The van der Waals surface area contributed by atoms with Crippen molar-refractivity contribution in [2.45, 2.75) is 43.5 Å². The Labute approximate surface area is 126 Å². The average Bonchev–Trinajstić information content (AvgIpc) is 2.97. The summed E-state index contributed by atoms with van der Waals surface area (Å²) in [4.78, 5) is 0.413. The molecule has 3 rings (SSSR count). The summed E-state index contributed by atoms with van der Waals surface area (Å²) in [5, 5.41) is 12.7. The van der Waals surface area contributed by atoms with Crippen LogP contribution in [-0.2, 0) is 16.4 Å². The topological polar surface area (TPSA) is 69.6 Å². The van der Waals surface area contributed by atoms with Crippen LogP contribution in [0.1, 0.15) is 30.4 Å². The summed E-state index contributed by atoms with van der Waals surface area (Å²) in [5.41, 5.74) is 2.97. The van der Waals surface area contributed by atoms with Crippen molar-refractivity contribution in [3.63, 3.8) is 0 Å². The van der Waals surface area contributed by atoms with Crippen LogP contribution in [0.3, 0.4) is 0 Å². The summed E-state index contributed by atoms with van der Waals surface area (Å²) in [6.07, 6.45) is 3.29. The molecule has 1 fully saturated rings. The zero-order valence-electron chi connectivity index (χ0n) is 12.3.